The van der Waals surface area contributed by atoms with Gasteiger partial charge in [-0.25, -0.2) is 4.39 Å². The summed E-state index contributed by atoms with van der Waals surface area (Å²) in [6.45, 7) is 7.14. The number of hydrogen-bond donors (Lipinski definition) is 3. The molecular weight excluding hydrogens is 373 g/mol. The van der Waals surface area contributed by atoms with Crippen LogP contribution in [0.2, 0.25) is 5.02 Å². The second-order valence-electron chi connectivity index (χ2n) is 6.99. The van der Waals surface area contributed by atoms with E-state index in [0.717, 1.165) is 25.2 Å². The normalized spacial score (nSPS) is 18.7. The third kappa shape index (κ3) is 5.04. The van der Waals surface area contributed by atoms with Crippen molar-refractivity contribution in [3.05, 3.63) is 16.9 Å². The van der Waals surface area contributed by atoms with Gasteiger partial charge in [0.25, 0.3) is 5.88 Å². The summed E-state index contributed by atoms with van der Waals surface area (Å²) in [5.74, 6) is 1.14. The number of nitrogens with one attached hydrogen (secondary N) is 2. The second-order valence-corrected chi connectivity index (χ2v) is 7.40. The highest BCUT2D eigenvalue weighted by atomic mass is 35.5. The molecule has 2 unspecified atom stereocenters. The maximum absolute atomic E-state index is 13.3. The smallest absolute Gasteiger partial charge is 0.256 e. The van der Waals surface area contributed by atoms with E-state index in [2.05, 4.69) is 25.5 Å². The lowest BCUT2D eigenvalue weighted by Crippen LogP contribution is -2.26. The van der Waals surface area contributed by atoms with Crippen molar-refractivity contribution in [3.63, 3.8) is 0 Å². The van der Waals surface area contributed by atoms with E-state index >= 15 is 0 Å². The minimum atomic E-state index is -0.708. The van der Waals surface area contributed by atoms with E-state index in [1.54, 1.807) is 6.20 Å². The number of H-pyrrole nitrogens is 1. The summed E-state index contributed by atoms with van der Waals surface area (Å²) in [5.41, 5.74) is 7.55. The Bertz CT molecular complexity index is 750. The molecule has 0 aliphatic carbocycles. The van der Waals surface area contributed by atoms with E-state index in [4.69, 9.17) is 22.1 Å². The van der Waals surface area contributed by atoms with Crippen molar-refractivity contribution in [2.24, 2.45) is 0 Å². The predicted octanol–water partition coefficient (Wildman–Crippen LogP) is 2.46. The number of anilines is 2. The van der Waals surface area contributed by atoms with Crippen LogP contribution >= 0.6 is 11.6 Å². The molecule has 3 heterocycles. The van der Waals surface area contributed by atoms with Crippen molar-refractivity contribution in [2.45, 2.75) is 45.4 Å². The van der Waals surface area contributed by atoms with E-state index < -0.39 is 6.17 Å². The number of alkyl halides is 1. The Labute approximate surface area is 163 Å². The molecule has 2 aromatic heterocycles. The molecule has 0 amide bonds. The highest BCUT2D eigenvalue weighted by Gasteiger charge is 2.22. The number of aromatic nitrogens is 4. The number of rotatable bonds is 9. The maximum Gasteiger partial charge on any atom is 0.256 e. The summed E-state index contributed by atoms with van der Waals surface area (Å²) >= 11 is 6.00. The molecule has 10 heteroatoms. The molecule has 8 nitrogen and oxygen atoms in total. The molecule has 150 valence electrons. The largest absolute Gasteiger partial charge is 0.475 e. The highest BCUT2D eigenvalue weighted by Crippen LogP contribution is 2.24. The third-order valence-electron chi connectivity index (χ3n) is 4.84. The molecule has 0 saturated carbocycles. The molecule has 1 aliphatic rings. The first-order chi connectivity index (χ1) is 12.9. The molecular formula is C17H27ClFN7O. The number of hydrogen-bond acceptors (Lipinski definition) is 6. The average Bonchev–Trinajstić information content (AvgIpc) is 3.30. The molecule has 0 radical (unpaired) electrons. The van der Waals surface area contributed by atoms with Gasteiger partial charge in [-0.05, 0) is 20.3 Å². The number of nitrogens with zero attached hydrogens (tertiary/aromatic N) is 4. The van der Waals surface area contributed by atoms with Crippen molar-refractivity contribution in [1.82, 2.24) is 24.9 Å². The van der Waals surface area contributed by atoms with E-state index in [1.165, 1.54) is 0 Å². The fraction of sp³-hybridized carbons (Fsp3) is 0.647. The number of nitrogens with two attached hydrogens (primary N) is 1. The van der Waals surface area contributed by atoms with Crippen LogP contribution in [0, 0.1) is 6.92 Å². The van der Waals surface area contributed by atoms with Gasteiger partial charge in [0.1, 0.15) is 22.7 Å². The average molecular weight is 400 g/mol. The van der Waals surface area contributed by atoms with Crippen LogP contribution in [0.1, 0.15) is 25.5 Å². The summed E-state index contributed by atoms with van der Waals surface area (Å²) in [5, 5.41) is 14.9. The summed E-state index contributed by atoms with van der Waals surface area (Å²) in [4.78, 5) is 2.11. The lowest BCUT2D eigenvalue weighted by molar-refractivity contribution is 0.268. The van der Waals surface area contributed by atoms with Crippen LogP contribution in [-0.4, -0.2) is 63.3 Å². The first kappa shape index (κ1) is 19.8. The zero-order chi connectivity index (χ0) is 19.4. The quantitative estimate of drug-likeness (QED) is 0.599. The Morgan fingerprint density at radius 3 is 3.00 bits per heavy atom. The molecule has 0 bridgehead atoms. The van der Waals surface area contributed by atoms with Gasteiger partial charge in [-0.3, -0.25) is 14.7 Å². The number of aromatic amines is 1. The van der Waals surface area contributed by atoms with Gasteiger partial charge in [-0.1, -0.05) is 11.6 Å². The lowest BCUT2D eigenvalue weighted by Gasteiger charge is -2.15. The van der Waals surface area contributed by atoms with Crippen molar-refractivity contribution in [1.29, 1.82) is 0 Å². The third-order valence-corrected chi connectivity index (χ3v) is 5.12. The first-order valence-corrected chi connectivity index (χ1v) is 9.59. The van der Waals surface area contributed by atoms with Crippen molar-refractivity contribution in [2.75, 3.05) is 37.3 Å². The van der Waals surface area contributed by atoms with Crippen molar-refractivity contribution < 1.29 is 9.13 Å². The Morgan fingerprint density at radius 1 is 1.52 bits per heavy atom. The molecule has 2 atom stereocenters. The topological polar surface area (TPSA) is 97.0 Å². The zero-order valence-electron chi connectivity index (χ0n) is 15.7. The van der Waals surface area contributed by atoms with Gasteiger partial charge >= 0.3 is 0 Å². The minimum absolute atomic E-state index is 0.135. The molecule has 0 spiro atoms. The Kier molecular flexibility index (Phi) is 6.43. The molecule has 1 aliphatic heterocycles. The summed E-state index contributed by atoms with van der Waals surface area (Å²) in [6.07, 6.45) is 2.20. The van der Waals surface area contributed by atoms with Crippen LogP contribution in [0.4, 0.5) is 15.9 Å². The Hall–Kier alpha value is -2.00. The minimum Gasteiger partial charge on any atom is -0.475 e. The Morgan fingerprint density at radius 2 is 2.33 bits per heavy atom. The van der Waals surface area contributed by atoms with Gasteiger partial charge in [0, 0.05) is 32.1 Å². The summed E-state index contributed by atoms with van der Waals surface area (Å²) in [7, 11) is 0. The van der Waals surface area contributed by atoms with Gasteiger partial charge in [0.05, 0.1) is 25.0 Å². The van der Waals surface area contributed by atoms with Crippen LogP contribution in [0.25, 0.3) is 0 Å². The SMILES string of the molecule is Cc1c(N)c(OCCC(C)Nc2[nH]ncc2Cl)nn1CCN1CCC(F)C1. The zero-order valence-corrected chi connectivity index (χ0v) is 16.5. The van der Waals surface area contributed by atoms with Crippen molar-refractivity contribution >= 4 is 23.1 Å². The van der Waals surface area contributed by atoms with Crippen LogP contribution in [0.3, 0.4) is 0 Å². The molecule has 4 N–H and O–H groups in total. The van der Waals surface area contributed by atoms with Gasteiger partial charge in [-0.2, -0.15) is 5.10 Å². The lowest BCUT2D eigenvalue weighted by atomic mass is 10.2. The fourth-order valence-corrected chi connectivity index (χ4v) is 3.25. The van der Waals surface area contributed by atoms with E-state index in [1.807, 2.05) is 18.5 Å². The van der Waals surface area contributed by atoms with Crippen LogP contribution < -0.4 is 15.8 Å². The molecule has 1 saturated heterocycles. The van der Waals surface area contributed by atoms with E-state index in [-0.39, 0.29) is 6.04 Å². The highest BCUT2D eigenvalue weighted by molar-refractivity contribution is 6.32. The fourth-order valence-electron chi connectivity index (χ4n) is 3.10. The summed E-state index contributed by atoms with van der Waals surface area (Å²) in [6, 6.07) is 0.135. The van der Waals surface area contributed by atoms with Gasteiger partial charge < -0.3 is 15.8 Å². The molecule has 0 aromatic carbocycles. The summed E-state index contributed by atoms with van der Waals surface area (Å²) < 4.78 is 20.9. The van der Waals surface area contributed by atoms with Gasteiger partial charge in [-0.15, -0.1) is 5.10 Å². The standard InChI is InChI=1S/C17H27ClFN7O/c1-11(22-16-14(18)9-21-23-16)4-8-27-17-15(20)12(2)26(24-17)7-6-25-5-3-13(19)10-25/h9,11,13H,3-8,10,20H2,1-2H3,(H2,21,22,23). The first-order valence-electron chi connectivity index (χ1n) is 9.21. The van der Waals surface area contributed by atoms with Gasteiger partial charge in [0.2, 0.25) is 0 Å². The molecule has 27 heavy (non-hydrogen) atoms. The number of halogens is 2. The van der Waals surface area contributed by atoms with Crippen LogP contribution in [0.5, 0.6) is 5.88 Å². The van der Waals surface area contributed by atoms with Gasteiger partial charge in [0.15, 0.2) is 0 Å². The monoisotopic (exact) mass is 399 g/mol. The molecule has 2 aromatic rings. The van der Waals surface area contributed by atoms with Crippen molar-refractivity contribution in [3.8, 4) is 5.88 Å². The number of nitrogen functional groups attached to an aromatic ring is 1. The number of likely N-dealkylation sites (tertiary alicyclic amines) is 1. The second kappa shape index (κ2) is 8.79. The molecule has 1 fully saturated rings. The Balaban J connectivity index is 1.46. The van der Waals surface area contributed by atoms with E-state index in [0.29, 0.717) is 48.5 Å². The predicted molar refractivity (Wildman–Crippen MR) is 104 cm³/mol. The van der Waals surface area contributed by atoms with Crippen LogP contribution in [-0.2, 0) is 6.54 Å². The van der Waals surface area contributed by atoms with Crippen LogP contribution in [0.15, 0.2) is 6.20 Å². The van der Waals surface area contributed by atoms with E-state index in [9.17, 15) is 4.39 Å². The maximum atomic E-state index is 13.3. The number of ether oxygens (including phenoxy) is 1. The molecule has 3 rings (SSSR count).